The van der Waals surface area contributed by atoms with Crippen LogP contribution in [0.3, 0.4) is 0 Å². The van der Waals surface area contributed by atoms with Crippen LogP contribution in [0, 0.1) is 25.2 Å². The molecule has 0 bridgehead atoms. The summed E-state index contributed by atoms with van der Waals surface area (Å²) in [5.41, 5.74) is 4.48. The third-order valence-corrected chi connectivity index (χ3v) is 3.86. The van der Waals surface area contributed by atoms with Gasteiger partial charge in [-0.3, -0.25) is 0 Å². The molecule has 2 heteroatoms. The third-order valence-electron chi connectivity index (χ3n) is 3.86. The molecule has 0 amide bonds. The number of rotatable bonds is 7. The first-order valence-electron chi connectivity index (χ1n) is 7.59. The molecule has 0 saturated heterocycles. The van der Waals surface area contributed by atoms with Crippen LogP contribution in [0.5, 0.6) is 0 Å². The molecule has 0 spiro atoms. The minimum absolute atomic E-state index is 0.303. The van der Waals surface area contributed by atoms with E-state index < -0.39 is 0 Å². The van der Waals surface area contributed by atoms with Crippen molar-refractivity contribution >= 4 is 0 Å². The van der Waals surface area contributed by atoms with Gasteiger partial charge >= 0.3 is 0 Å². The van der Waals surface area contributed by atoms with Gasteiger partial charge in [0.1, 0.15) is 0 Å². The van der Waals surface area contributed by atoms with E-state index in [0.29, 0.717) is 11.3 Å². The first-order chi connectivity index (χ1) is 9.32. The van der Waals surface area contributed by atoms with Gasteiger partial charge in [-0.15, -0.1) is 0 Å². The predicted octanol–water partition coefficient (Wildman–Crippen LogP) is 3.74. The minimum Gasteiger partial charge on any atom is -0.383 e. The Hall–Kier alpha value is -0.860. The highest BCUT2D eigenvalue weighted by Crippen LogP contribution is 2.29. The van der Waals surface area contributed by atoms with Crippen molar-refractivity contribution in [3.8, 4) is 0 Å². The summed E-state index contributed by atoms with van der Waals surface area (Å²) < 4.78 is 5.10. The zero-order valence-electron chi connectivity index (χ0n) is 14.0. The Morgan fingerprint density at radius 3 is 2.20 bits per heavy atom. The van der Waals surface area contributed by atoms with Crippen molar-refractivity contribution in [1.29, 1.82) is 0 Å². The summed E-state index contributed by atoms with van der Waals surface area (Å²) in [6.07, 6.45) is 1.13. The number of methoxy groups -OCH3 is 1. The van der Waals surface area contributed by atoms with Crippen molar-refractivity contribution in [1.82, 2.24) is 5.32 Å². The average Bonchev–Trinajstić information content (AvgIpc) is 2.30. The molecule has 1 N–H and O–H groups in total. The quantitative estimate of drug-likeness (QED) is 0.767. The Morgan fingerprint density at radius 1 is 1.10 bits per heavy atom. The molecule has 1 atom stereocenters. The van der Waals surface area contributed by atoms with Gasteiger partial charge in [0.05, 0.1) is 6.61 Å². The van der Waals surface area contributed by atoms with Crippen molar-refractivity contribution in [2.45, 2.75) is 41.0 Å². The SMILES string of the molecule is COCCNCC(Cc1cc(C)cc(C)c1)C(C)(C)C. The smallest absolute Gasteiger partial charge is 0.0587 e. The van der Waals surface area contributed by atoms with E-state index in [4.69, 9.17) is 4.74 Å². The van der Waals surface area contributed by atoms with Gasteiger partial charge in [-0.1, -0.05) is 50.1 Å². The molecular formula is C18H31NO. The summed E-state index contributed by atoms with van der Waals surface area (Å²) in [5, 5.41) is 3.52. The molecule has 2 nitrogen and oxygen atoms in total. The van der Waals surface area contributed by atoms with Crippen LogP contribution in [-0.4, -0.2) is 26.8 Å². The number of nitrogens with one attached hydrogen (secondary N) is 1. The minimum atomic E-state index is 0.303. The molecule has 20 heavy (non-hydrogen) atoms. The summed E-state index contributed by atoms with van der Waals surface area (Å²) in [6, 6.07) is 6.88. The molecule has 1 aromatic carbocycles. The van der Waals surface area contributed by atoms with Gasteiger partial charge in [-0.05, 0) is 43.7 Å². The second kappa shape index (κ2) is 7.80. The van der Waals surface area contributed by atoms with E-state index in [0.717, 1.165) is 26.1 Å². The molecule has 0 heterocycles. The number of aryl methyl sites for hydroxylation is 2. The lowest BCUT2D eigenvalue weighted by Crippen LogP contribution is -2.34. The summed E-state index contributed by atoms with van der Waals surface area (Å²) >= 11 is 0. The lowest BCUT2D eigenvalue weighted by molar-refractivity contribution is 0.186. The summed E-state index contributed by atoms with van der Waals surface area (Å²) in [6.45, 7) is 14.1. The molecule has 0 radical (unpaired) electrons. The van der Waals surface area contributed by atoms with E-state index in [9.17, 15) is 0 Å². The Balaban J connectivity index is 2.69. The van der Waals surface area contributed by atoms with Crippen LogP contribution in [0.25, 0.3) is 0 Å². The number of benzene rings is 1. The van der Waals surface area contributed by atoms with E-state index in [1.807, 2.05) is 0 Å². The molecule has 0 fully saturated rings. The third kappa shape index (κ3) is 6.06. The number of hydrogen-bond donors (Lipinski definition) is 1. The maximum Gasteiger partial charge on any atom is 0.0587 e. The largest absolute Gasteiger partial charge is 0.383 e. The molecule has 1 unspecified atom stereocenters. The second-order valence-electron chi connectivity index (χ2n) is 6.96. The number of ether oxygens (including phenoxy) is 1. The van der Waals surface area contributed by atoms with Crippen molar-refractivity contribution < 1.29 is 4.74 Å². The van der Waals surface area contributed by atoms with Crippen LogP contribution in [0.2, 0.25) is 0 Å². The van der Waals surface area contributed by atoms with E-state index in [-0.39, 0.29) is 0 Å². The molecule has 1 aromatic rings. The molecule has 0 aromatic heterocycles. The lowest BCUT2D eigenvalue weighted by atomic mass is 9.77. The van der Waals surface area contributed by atoms with Gasteiger partial charge in [0, 0.05) is 13.7 Å². The van der Waals surface area contributed by atoms with E-state index in [1.54, 1.807) is 7.11 Å². The van der Waals surface area contributed by atoms with Crippen molar-refractivity contribution in [2.24, 2.45) is 11.3 Å². The lowest BCUT2D eigenvalue weighted by Gasteiger charge is -2.31. The average molecular weight is 277 g/mol. The van der Waals surface area contributed by atoms with Gasteiger partial charge in [-0.25, -0.2) is 0 Å². The summed E-state index contributed by atoms with van der Waals surface area (Å²) in [5.74, 6) is 0.626. The van der Waals surface area contributed by atoms with E-state index >= 15 is 0 Å². The van der Waals surface area contributed by atoms with Crippen LogP contribution in [0.1, 0.15) is 37.5 Å². The van der Waals surface area contributed by atoms with Gasteiger partial charge in [0.25, 0.3) is 0 Å². The highest BCUT2D eigenvalue weighted by molar-refractivity contribution is 5.29. The predicted molar refractivity (Wildman–Crippen MR) is 87.3 cm³/mol. The molecule has 1 rings (SSSR count). The van der Waals surface area contributed by atoms with Gasteiger partial charge in [-0.2, -0.15) is 0 Å². The first-order valence-corrected chi connectivity index (χ1v) is 7.59. The van der Waals surface area contributed by atoms with E-state index in [1.165, 1.54) is 16.7 Å². The second-order valence-corrected chi connectivity index (χ2v) is 6.96. The van der Waals surface area contributed by atoms with Crippen LogP contribution >= 0.6 is 0 Å². The number of hydrogen-bond acceptors (Lipinski definition) is 2. The standard InChI is InChI=1S/C18H31NO/c1-14-9-15(2)11-16(10-14)12-17(18(3,4)5)13-19-7-8-20-6/h9-11,17,19H,7-8,12-13H2,1-6H3. The molecule has 0 saturated carbocycles. The Kier molecular flexibility index (Phi) is 6.70. The highest BCUT2D eigenvalue weighted by atomic mass is 16.5. The Morgan fingerprint density at radius 2 is 1.70 bits per heavy atom. The van der Waals surface area contributed by atoms with Crippen molar-refractivity contribution in [2.75, 3.05) is 26.8 Å². The molecule has 114 valence electrons. The van der Waals surface area contributed by atoms with Gasteiger partial charge < -0.3 is 10.1 Å². The van der Waals surface area contributed by atoms with Crippen LogP contribution in [0.15, 0.2) is 18.2 Å². The van der Waals surface area contributed by atoms with Crippen LogP contribution in [-0.2, 0) is 11.2 Å². The normalized spacial score (nSPS) is 13.5. The zero-order chi connectivity index (χ0) is 15.2. The highest BCUT2D eigenvalue weighted by Gasteiger charge is 2.24. The van der Waals surface area contributed by atoms with Crippen LogP contribution < -0.4 is 5.32 Å². The Bertz CT molecular complexity index is 386. The summed E-state index contributed by atoms with van der Waals surface area (Å²) in [4.78, 5) is 0. The van der Waals surface area contributed by atoms with Gasteiger partial charge in [0.2, 0.25) is 0 Å². The first kappa shape index (κ1) is 17.2. The fourth-order valence-corrected chi connectivity index (χ4v) is 2.61. The maximum absolute atomic E-state index is 5.10. The fourth-order valence-electron chi connectivity index (χ4n) is 2.61. The topological polar surface area (TPSA) is 21.3 Å². The maximum atomic E-state index is 5.10. The molecule has 0 aliphatic heterocycles. The van der Waals surface area contributed by atoms with Crippen molar-refractivity contribution in [3.63, 3.8) is 0 Å². The van der Waals surface area contributed by atoms with Crippen LogP contribution in [0.4, 0.5) is 0 Å². The molecule has 0 aliphatic rings. The zero-order valence-corrected chi connectivity index (χ0v) is 14.0. The fraction of sp³-hybridized carbons (Fsp3) is 0.667. The monoisotopic (exact) mass is 277 g/mol. The summed E-state index contributed by atoms with van der Waals surface area (Å²) in [7, 11) is 1.75. The van der Waals surface area contributed by atoms with Crippen molar-refractivity contribution in [3.05, 3.63) is 34.9 Å². The van der Waals surface area contributed by atoms with Gasteiger partial charge in [0.15, 0.2) is 0 Å². The molecular weight excluding hydrogens is 246 g/mol. The molecule has 0 aliphatic carbocycles. The van der Waals surface area contributed by atoms with E-state index in [2.05, 4.69) is 58.1 Å². The Labute approximate surface area is 124 Å².